The van der Waals surface area contributed by atoms with Crippen LogP contribution in [0.5, 0.6) is 0 Å². The molecule has 1 amide bonds. The predicted molar refractivity (Wildman–Crippen MR) is 95.5 cm³/mol. The molecule has 2 aromatic heterocycles. The standard InChI is InChI=1S/C20H19N3O2/c1-13-14(2)23(15(3)16-8-5-4-6-9-16)19(17(13)12-21)22-20(24)18-10-7-11-25-18/h4-11,15H,1-3H3,(H,22,24). The van der Waals surface area contributed by atoms with Gasteiger partial charge < -0.3 is 14.3 Å². The Kier molecular flexibility index (Phi) is 4.44. The van der Waals surface area contributed by atoms with Crippen molar-refractivity contribution in [1.82, 2.24) is 4.57 Å². The minimum atomic E-state index is -0.375. The first-order valence-corrected chi connectivity index (χ1v) is 8.06. The molecule has 1 aromatic carbocycles. The molecule has 1 N–H and O–H groups in total. The first-order valence-electron chi connectivity index (χ1n) is 8.06. The smallest absolute Gasteiger partial charge is 0.292 e. The van der Waals surface area contributed by atoms with Gasteiger partial charge in [-0.05, 0) is 44.0 Å². The summed E-state index contributed by atoms with van der Waals surface area (Å²) < 4.78 is 7.15. The number of anilines is 1. The maximum absolute atomic E-state index is 12.4. The number of amides is 1. The Labute approximate surface area is 146 Å². The lowest BCUT2D eigenvalue weighted by atomic mass is 10.1. The van der Waals surface area contributed by atoms with E-state index < -0.39 is 0 Å². The summed E-state index contributed by atoms with van der Waals surface area (Å²) in [5, 5.41) is 12.4. The quantitative estimate of drug-likeness (QED) is 0.767. The number of furan rings is 1. The zero-order valence-electron chi connectivity index (χ0n) is 14.4. The molecule has 5 heteroatoms. The van der Waals surface area contributed by atoms with Crippen molar-refractivity contribution in [1.29, 1.82) is 5.26 Å². The Bertz CT molecular complexity index is 932. The van der Waals surface area contributed by atoms with Crippen molar-refractivity contribution in [3.63, 3.8) is 0 Å². The number of carbonyl (C=O) groups is 1. The van der Waals surface area contributed by atoms with Crippen molar-refractivity contribution in [2.24, 2.45) is 0 Å². The Morgan fingerprint density at radius 2 is 1.92 bits per heavy atom. The maximum atomic E-state index is 12.4. The van der Waals surface area contributed by atoms with Gasteiger partial charge in [-0.3, -0.25) is 4.79 Å². The highest BCUT2D eigenvalue weighted by Gasteiger charge is 2.24. The van der Waals surface area contributed by atoms with Crippen molar-refractivity contribution < 1.29 is 9.21 Å². The number of nitrogens with zero attached hydrogens (tertiary/aromatic N) is 2. The number of rotatable bonds is 4. The molecule has 0 aliphatic carbocycles. The second-order valence-corrected chi connectivity index (χ2v) is 5.93. The highest BCUT2D eigenvalue weighted by atomic mass is 16.3. The minimum Gasteiger partial charge on any atom is -0.459 e. The van der Waals surface area contributed by atoms with E-state index in [0.29, 0.717) is 11.4 Å². The van der Waals surface area contributed by atoms with Crippen molar-refractivity contribution >= 4 is 11.7 Å². The number of aromatic nitrogens is 1. The summed E-state index contributed by atoms with van der Waals surface area (Å²) in [6.07, 6.45) is 1.45. The van der Waals surface area contributed by atoms with Gasteiger partial charge in [0.1, 0.15) is 11.9 Å². The molecule has 25 heavy (non-hydrogen) atoms. The molecule has 3 aromatic rings. The van der Waals surface area contributed by atoms with E-state index in [4.69, 9.17) is 4.42 Å². The third kappa shape index (κ3) is 2.94. The Balaban J connectivity index is 2.09. The van der Waals surface area contributed by atoms with E-state index in [0.717, 1.165) is 16.8 Å². The predicted octanol–water partition coefficient (Wildman–Crippen LogP) is 4.43. The number of hydrogen-bond acceptors (Lipinski definition) is 3. The SMILES string of the molecule is Cc1c(C#N)c(NC(=O)c2ccco2)n(C(C)c2ccccc2)c1C. The molecule has 0 aliphatic heterocycles. The van der Waals surface area contributed by atoms with E-state index in [1.165, 1.54) is 6.26 Å². The monoisotopic (exact) mass is 333 g/mol. The molecule has 0 radical (unpaired) electrons. The normalized spacial score (nSPS) is 11.8. The van der Waals surface area contributed by atoms with Crippen LogP contribution in [0.2, 0.25) is 0 Å². The summed E-state index contributed by atoms with van der Waals surface area (Å²) in [6.45, 7) is 5.90. The molecule has 0 saturated heterocycles. The number of nitrogens with one attached hydrogen (secondary N) is 1. The van der Waals surface area contributed by atoms with Crippen LogP contribution in [0, 0.1) is 25.2 Å². The average molecular weight is 333 g/mol. The van der Waals surface area contributed by atoms with Crippen molar-refractivity contribution in [2.45, 2.75) is 26.8 Å². The summed E-state index contributed by atoms with van der Waals surface area (Å²) in [6, 6.07) is 15.4. The molecule has 2 heterocycles. The van der Waals surface area contributed by atoms with Crippen molar-refractivity contribution in [3.8, 4) is 6.07 Å². The van der Waals surface area contributed by atoms with Crippen LogP contribution in [0.4, 0.5) is 5.82 Å². The van der Waals surface area contributed by atoms with Crippen molar-refractivity contribution in [3.05, 3.63) is 76.9 Å². The Morgan fingerprint density at radius 1 is 1.20 bits per heavy atom. The first-order chi connectivity index (χ1) is 12.0. The fraction of sp³-hybridized carbons (Fsp3) is 0.200. The highest BCUT2D eigenvalue weighted by Crippen LogP contribution is 2.32. The molecular formula is C20H19N3O2. The minimum absolute atomic E-state index is 0.0334. The van der Waals surface area contributed by atoms with Gasteiger partial charge in [0, 0.05) is 5.69 Å². The first kappa shape index (κ1) is 16.6. The van der Waals surface area contributed by atoms with Gasteiger partial charge in [-0.1, -0.05) is 30.3 Å². The molecule has 3 rings (SSSR count). The van der Waals surface area contributed by atoms with Crippen LogP contribution in [0.25, 0.3) is 0 Å². The van der Waals surface area contributed by atoms with E-state index in [1.807, 2.05) is 55.7 Å². The van der Waals surface area contributed by atoms with Gasteiger partial charge >= 0.3 is 0 Å². The maximum Gasteiger partial charge on any atom is 0.292 e. The molecule has 0 fully saturated rings. The lowest BCUT2D eigenvalue weighted by molar-refractivity contribution is 0.0995. The lowest BCUT2D eigenvalue weighted by Gasteiger charge is -2.20. The molecule has 0 bridgehead atoms. The number of benzene rings is 1. The number of nitriles is 1. The van der Waals surface area contributed by atoms with Gasteiger partial charge in [0.2, 0.25) is 0 Å². The third-order valence-corrected chi connectivity index (χ3v) is 4.51. The average Bonchev–Trinajstić information content (AvgIpc) is 3.24. The van der Waals surface area contributed by atoms with Gasteiger partial charge in [-0.15, -0.1) is 0 Å². The second kappa shape index (κ2) is 6.70. The molecule has 0 saturated carbocycles. The summed E-state index contributed by atoms with van der Waals surface area (Å²) in [5.41, 5.74) is 3.38. The van der Waals surface area contributed by atoms with Crippen molar-refractivity contribution in [2.75, 3.05) is 5.32 Å². The van der Waals surface area contributed by atoms with Gasteiger partial charge in [-0.25, -0.2) is 0 Å². The van der Waals surface area contributed by atoms with Gasteiger partial charge in [0.15, 0.2) is 5.76 Å². The van der Waals surface area contributed by atoms with Crippen LogP contribution >= 0.6 is 0 Å². The molecule has 0 aliphatic rings. The summed E-state index contributed by atoms with van der Waals surface area (Å²) in [5.74, 6) is 0.329. The molecule has 126 valence electrons. The lowest BCUT2D eigenvalue weighted by Crippen LogP contribution is -2.18. The molecule has 0 spiro atoms. The van der Waals surface area contributed by atoms with Gasteiger partial charge in [-0.2, -0.15) is 5.26 Å². The Morgan fingerprint density at radius 3 is 2.52 bits per heavy atom. The zero-order chi connectivity index (χ0) is 18.0. The fourth-order valence-corrected chi connectivity index (χ4v) is 3.03. The van der Waals surface area contributed by atoms with Crippen LogP contribution in [-0.2, 0) is 0 Å². The van der Waals surface area contributed by atoms with E-state index in [-0.39, 0.29) is 17.7 Å². The van der Waals surface area contributed by atoms with Crippen LogP contribution < -0.4 is 5.32 Å². The topological polar surface area (TPSA) is 71.0 Å². The number of carbonyl (C=O) groups excluding carboxylic acids is 1. The molecule has 1 unspecified atom stereocenters. The highest BCUT2D eigenvalue weighted by molar-refractivity contribution is 6.02. The molecular weight excluding hydrogens is 314 g/mol. The van der Waals surface area contributed by atoms with E-state index in [2.05, 4.69) is 11.4 Å². The van der Waals surface area contributed by atoms with E-state index >= 15 is 0 Å². The van der Waals surface area contributed by atoms with E-state index in [1.54, 1.807) is 12.1 Å². The molecule has 5 nitrogen and oxygen atoms in total. The number of hydrogen-bond donors (Lipinski definition) is 1. The summed E-state index contributed by atoms with van der Waals surface area (Å²) in [7, 11) is 0. The summed E-state index contributed by atoms with van der Waals surface area (Å²) >= 11 is 0. The zero-order valence-corrected chi connectivity index (χ0v) is 14.4. The second-order valence-electron chi connectivity index (χ2n) is 5.93. The Hall–Kier alpha value is -3.26. The van der Waals surface area contributed by atoms with Crippen LogP contribution in [-0.4, -0.2) is 10.5 Å². The van der Waals surface area contributed by atoms with Gasteiger partial charge in [0.05, 0.1) is 17.9 Å². The summed E-state index contributed by atoms with van der Waals surface area (Å²) in [4.78, 5) is 12.4. The third-order valence-electron chi connectivity index (χ3n) is 4.51. The van der Waals surface area contributed by atoms with Crippen LogP contribution in [0.1, 0.15) is 45.9 Å². The largest absolute Gasteiger partial charge is 0.459 e. The van der Waals surface area contributed by atoms with Gasteiger partial charge in [0.25, 0.3) is 5.91 Å². The molecule has 1 atom stereocenters. The van der Waals surface area contributed by atoms with E-state index in [9.17, 15) is 10.1 Å². The fourth-order valence-electron chi connectivity index (χ4n) is 3.03. The van der Waals surface area contributed by atoms with Crippen LogP contribution in [0.3, 0.4) is 0 Å². The van der Waals surface area contributed by atoms with Crippen LogP contribution in [0.15, 0.2) is 53.1 Å².